The van der Waals surface area contributed by atoms with Crippen LogP contribution < -0.4 is 0 Å². The molecule has 0 spiro atoms. The first kappa shape index (κ1) is 17.5. The Labute approximate surface area is 148 Å². The van der Waals surface area contributed by atoms with Crippen LogP contribution in [0, 0.1) is 5.92 Å². The number of fused-ring (bicyclic) bond motifs is 2. The van der Waals surface area contributed by atoms with Gasteiger partial charge < -0.3 is 9.64 Å². The van der Waals surface area contributed by atoms with Crippen LogP contribution in [0.15, 0.2) is 12.1 Å². The maximum atomic E-state index is 12.6. The summed E-state index contributed by atoms with van der Waals surface area (Å²) in [7, 11) is 0. The third-order valence-corrected chi connectivity index (χ3v) is 5.06. The third kappa shape index (κ3) is 4.18. The van der Waals surface area contributed by atoms with Crippen LogP contribution in [0.4, 0.5) is 4.79 Å². The fourth-order valence-electron chi connectivity index (χ4n) is 4.02. The molecule has 0 aromatic carbocycles. The molecule has 1 aromatic heterocycles. The van der Waals surface area contributed by atoms with Gasteiger partial charge >= 0.3 is 6.09 Å². The number of carbonyl (C=O) groups is 1. The lowest BCUT2D eigenvalue weighted by atomic mass is 9.77. The summed E-state index contributed by atoms with van der Waals surface area (Å²) in [5.74, 6) is 0.537. The summed E-state index contributed by atoms with van der Waals surface area (Å²) in [4.78, 5) is 14.6. The Kier molecular flexibility index (Phi) is 5.00. The van der Waals surface area contributed by atoms with Gasteiger partial charge in [0.25, 0.3) is 0 Å². The Hall–Kier alpha value is -1.36. The second-order valence-electron chi connectivity index (χ2n) is 8.02. The molecule has 24 heavy (non-hydrogen) atoms. The summed E-state index contributed by atoms with van der Waals surface area (Å²) < 4.78 is 5.63. The number of rotatable bonds is 2. The Morgan fingerprint density at radius 1 is 1.25 bits per heavy atom. The van der Waals surface area contributed by atoms with Gasteiger partial charge in [0.05, 0.1) is 5.69 Å². The Morgan fingerprint density at radius 2 is 1.92 bits per heavy atom. The lowest BCUT2D eigenvalue weighted by molar-refractivity contribution is -0.0280. The second kappa shape index (κ2) is 6.87. The van der Waals surface area contributed by atoms with Crippen molar-refractivity contribution >= 4 is 17.7 Å². The van der Waals surface area contributed by atoms with Crippen LogP contribution in [0.25, 0.3) is 0 Å². The highest BCUT2D eigenvalue weighted by atomic mass is 35.5. The maximum absolute atomic E-state index is 12.6. The van der Waals surface area contributed by atoms with Crippen molar-refractivity contribution in [3.63, 3.8) is 0 Å². The molecule has 132 valence electrons. The Morgan fingerprint density at radius 3 is 2.46 bits per heavy atom. The maximum Gasteiger partial charge on any atom is 0.410 e. The van der Waals surface area contributed by atoms with E-state index in [1.807, 2.05) is 31.7 Å². The molecule has 2 aliphatic heterocycles. The van der Waals surface area contributed by atoms with Gasteiger partial charge in [-0.1, -0.05) is 11.6 Å². The number of amides is 1. The number of halogens is 1. The van der Waals surface area contributed by atoms with Gasteiger partial charge in [0.1, 0.15) is 5.60 Å². The average molecular weight is 352 g/mol. The molecule has 1 aromatic rings. The van der Waals surface area contributed by atoms with Gasteiger partial charge in [-0.05, 0) is 77.3 Å². The first-order valence-electron chi connectivity index (χ1n) is 8.81. The minimum Gasteiger partial charge on any atom is -0.444 e. The molecule has 2 bridgehead atoms. The molecule has 2 aliphatic rings. The minimum atomic E-state index is -0.443. The third-order valence-electron chi connectivity index (χ3n) is 4.86. The van der Waals surface area contributed by atoms with Crippen LogP contribution in [0.3, 0.4) is 0 Å². The van der Waals surface area contributed by atoms with Crippen LogP contribution >= 0.6 is 11.6 Å². The van der Waals surface area contributed by atoms with Crippen molar-refractivity contribution in [3.8, 4) is 0 Å². The van der Waals surface area contributed by atoms with Crippen molar-refractivity contribution in [2.45, 2.75) is 77.0 Å². The number of piperidine rings is 2. The van der Waals surface area contributed by atoms with E-state index in [1.165, 1.54) is 6.42 Å². The lowest BCUT2D eigenvalue weighted by Gasteiger charge is -2.48. The van der Waals surface area contributed by atoms with Crippen molar-refractivity contribution in [1.82, 2.24) is 15.1 Å². The summed E-state index contributed by atoms with van der Waals surface area (Å²) in [6.45, 7) is 5.77. The first-order chi connectivity index (χ1) is 11.3. The molecule has 0 aliphatic carbocycles. The molecular formula is C18H26ClN3O2. The minimum absolute atomic E-state index is 0.151. The smallest absolute Gasteiger partial charge is 0.410 e. The number of aromatic nitrogens is 2. The molecule has 3 atom stereocenters. The van der Waals surface area contributed by atoms with Crippen LogP contribution in [0.2, 0.25) is 5.15 Å². The topological polar surface area (TPSA) is 55.3 Å². The quantitative estimate of drug-likeness (QED) is 0.799. The molecule has 6 heteroatoms. The van der Waals surface area contributed by atoms with Gasteiger partial charge in [-0.25, -0.2) is 4.79 Å². The summed E-state index contributed by atoms with van der Waals surface area (Å²) >= 11 is 5.81. The molecule has 3 heterocycles. The average Bonchev–Trinajstić information content (AvgIpc) is 2.47. The summed E-state index contributed by atoms with van der Waals surface area (Å²) in [5, 5.41) is 8.54. The predicted octanol–water partition coefficient (Wildman–Crippen LogP) is 4.24. The number of hydrogen-bond donors (Lipinski definition) is 0. The normalized spacial score (nSPS) is 27.0. The summed E-state index contributed by atoms with van der Waals surface area (Å²) in [6, 6.07) is 4.32. The van der Waals surface area contributed by atoms with Crippen molar-refractivity contribution in [2.24, 2.45) is 5.92 Å². The molecule has 5 nitrogen and oxygen atoms in total. The molecule has 0 saturated carbocycles. The summed E-state index contributed by atoms with van der Waals surface area (Å²) in [6.07, 6.45) is 6.11. The van der Waals surface area contributed by atoms with Crippen LogP contribution in [-0.4, -0.2) is 38.9 Å². The van der Waals surface area contributed by atoms with Crippen molar-refractivity contribution < 1.29 is 9.53 Å². The standard InChI is InChI=1S/C18H26ClN3O2/c1-18(2,3)24-17(23)22-14-5-4-6-15(22)11-12(10-14)9-13-7-8-16(19)21-20-13/h7-8,12,14-15H,4-6,9-11H2,1-3H3/t12?,14-,15+. The van der Waals surface area contributed by atoms with Gasteiger partial charge in [0, 0.05) is 12.1 Å². The molecule has 1 unspecified atom stereocenters. The highest BCUT2D eigenvalue weighted by Crippen LogP contribution is 2.39. The largest absolute Gasteiger partial charge is 0.444 e. The fourth-order valence-corrected chi connectivity index (χ4v) is 4.12. The van der Waals surface area contributed by atoms with E-state index in [2.05, 4.69) is 10.2 Å². The number of ether oxygens (including phenoxy) is 1. The SMILES string of the molecule is CC(C)(C)OC(=O)N1[C@@H]2CCC[C@H]1CC(Cc1ccc(Cl)nn1)C2. The monoisotopic (exact) mass is 351 g/mol. The predicted molar refractivity (Wildman–Crippen MR) is 93.0 cm³/mol. The van der Waals surface area contributed by atoms with Crippen molar-refractivity contribution in [3.05, 3.63) is 23.0 Å². The fraction of sp³-hybridized carbons (Fsp3) is 0.722. The molecule has 0 radical (unpaired) electrons. The number of hydrogen-bond acceptors (Lipinski definition) is 4. The van der Waals surface area contributed by atoms with Gasteiger partial charge in [-0.2, -0.15) is 5.10 Å². The van der Waals surface area contributed by atoms with Gasteiger partial charge in [0.15, 0.2) is 5.15 Å². The van der Waals surface area contributed by atoms with E-state index >= 15 is 0 Å². The van der Waals surface area contributed by atoms with Crippen LogP contribution in [-0.2, 0) is 11.2 Å². The first-order valence-corrected chi connectivity index (χ1v) is 9.19. The van der Waals surface area contributed by atoms with Gasteiger partial charge in [-0.15, -0.1) is 5.10 Å². The summed E-state index contributed by atoms with van der Waals surface area (Å²) in [5.41, 5.74) is 0.536. The Bertz CT molecular complexity index is 571. The zero-order chi connectivity index (χ0) is 17.3. The zero-order valence-corrected chi connectivity index (χ0v) is 15.4. The van der Waals surface area contributed by atoms with E-state index < -0.39 is 5.60 Å². The van der Waals surface area contributed by atoms with Gasteiger partial charge in [-0.3, -0.25) is 0 Å². The molecular weight excluding hydrogens is 326 g/mol. The molecule has 2 fully saturated rings. The zero-order valence-electron chi connectivity index (χ0n) is 14.7. The highest BCUT2D eigenvalue weighted by molar-refractivity contribution is 6.29. The van der Waals surface area contributed by atoms with Gasteiger partial charge in [0.2, 0.25) is 0 Å². The highest BCUT2D eigenvalue weighted by Gasteiger charge is 2.42. The van der Waals surface area contributed by atoms with E-state index in [4.69, 9.17) is 16.3 Å². The lowest BCUT2D eigenvalue weighted by Crippen LogP contribution is -2.56. The van der Waals surface area contributed by atoms with Crippen LogP contribution in [0.5, 0.6) is 0 Å². The van der Waals surface area contributed by atoms with E-state index in [1.54, 1.807) is 6.07 Å². The molecule has 0 N–H and O–H groups in total. The molecule has 1 amide bonds. The number of carbonyl (C=O) groups excluding carboxylic acids is 1. The molecule has 3 rings (SSSR count). The van der Waals surface area contributed by atoms with E-state index in [-0.39, 0.29) is 18.2 Å². The van der Waals surface area contributed by atoms with Crippen molar-refractivity contribution in [2.75, 3.05) is 0 Å². The molecule has 2 saturated heterocycles. The van der Waals surface area contributed by atoms with E-state index in [0.717, 1.165) is 37.8 Å². The number of nitrogens with zero attached hydrogens (tertiary/aromatic N) is 3. The van der Waals surface area contributed by atoms with E-state index in [9.17, 15) is 4.79 Å². The second-order valence-corrected chi connectivity index (χ2v) is 8.40. The van der Waals surface area contributed by atoms with E-state index in [0.29, 0.717) is 11.1 Å². The Balaban J connectivity index is 1.66. The van der Waals surface area contributed by atoms with Crippen molar-refractivity contribution in [1.29, 1.82) is 0 Å². The van der Waals surface area contributed by atoms with Crippen LogP contribution in [0.1, 0.15) is 58.6 Å².